The Kier molecular flexibility index (Phi) is 4.44. The van der Waals surface area contributed by atoms with Gasteiger partial charge in [0.05, 0.1) is 13.0 Å². The molecule has 3 heterocycles. The van der Waals surface area contributed by atoms with Crippen LogP contribution in [0.4, 0.5) is 5.69 Å². The van der Waals surface area contributed by atoms with Crippen LogP contribution in [0.1, 0.15) is 44.7 Å². The zero-order chi connectivity index (χ0) is 26.5. The molecule has 4 atom stereocenters. The summed E-state index contributed by atoms with van der Waals surface area (Å²) in [6.45, 7) is 0.643. The van der Waals surface area contributed by atoms with Crippen molar-refractivity contribution in [1.29, 1.82) is 0 Å². The van der Waals surface area contributed by atoms with Crippen molar-refractivity contribution in [2.75, 3.05) is 19.0 Å². The molecule has 2 fully saturated rings. The Morgan fingerprint density at radius 3 is 2.46 bits per heavy atom. The lowest BCUT2D eigenvalue weighted by Crippen LogP contribution is -2.61. The fourth-order valence-corrected chi connectivity index (χ4v) is 8.37. The minimum absolute atomic E-state index is 0.0851. The molecule has 1 aliphatic carbocycles. The number of Topliss-reactive ketones (excluding diaryl/α,β-unsaturated/α-hetero) is 2. The number of rotatable bonds is 3. The smallest absolute Gasteiger partial charge is 0.238 e. The van der Waals surface area contributed by atoms with Crippen LogP contribution in [0.25, 0.3) is 10.8 Å². The molecule has 6 nitrogen and oxygen atoms in total. The maximum absolute atomic E-state index is 15.0. The van der Waals surface area contributed by atoms with Crippen molar-refractivity contribution in [2.45, 2.75) is 29.8 Å². The van der Waals surface area contributed by atoms with Crippen molar-refractivity contribution < 1.29 is 19.1 Å². The van der Waals surface area contributed by atoms with E-state index in [4.69, 9.17) is 4.74 Å². The number of benzene rings is 4. The van der Waals surface area contributed by atoms with E-state index in [2.05, 4.69) is 10.2 Å². The normalized spacial score (nSPS) is 28.3. The summed E-state index contributed by atoms with van der Waals surface area (Å²) in [7, 11) is 1.59. The molecule has 0 unspecified atom stereocenters. The number of methoxy groups -OCH3 is 1. The predicted octanol–water partition coefficient (Wildman–Crippen LogP) is 5.11. The number of carbonyl (C=O) groups excluding carboxylic acids is 3. The van der Waals surface area contributed by atoms with Crippen LogP contribution in [0.5, 0.6) is 5.75 Å². The number of ketones is 2. The van der Waals surface area contributed by atoms with Crippen LogP contribution < -0.4 is 10.1 Å². The highest BCUT2D eigenvalue weighted by Crippen LogP contribution is 2.68. The van der Waals surface area contributed by atoms with Crippen LogP contribution in [0.2, 0.25) is 0 Å². The van der Waals surface area contributed by atoms with Gasteiger partial charge in [0.2, 0.25) is 5.91 Å². The van der Waals surface area contributed by atoms with Gasteiger partial charge in [0.1, 0.15) is 16.7 Å². The number of nitrogens with zero attached hydrogens (tertiary/aromatic N) is 1. The minimum atomic E-state index is -1.42. The van der Waals surface area contributed by atoms with E-state index in [-0.39, 0.29) is 23.5 Å². The Balaban J connectivity index is 1.48. The predicted molar refractivity (Wildman–Crippen MR) is 147 cm³/mol. The van der Waals surface area contributed by atoms with Crippen molar-refractivity contribution in [1.82, 2.24) is 4.90 Å². The van der Waals surface area contributed by atoms with E-state index in [1.807, 2.05) is 60.7 Å². The number of fused-ring (bicyclic) bond motifs is 6. The summed E-state index contributed by atoms with van der Waals surface area (Å²) in [5, 5.41) is 4.98. The van der Waals surface area contributed by atoms with Gasteiger partial charge in [0, 0.05) is 22.9 Å². The highest BCUT2D eigenvalue weighted by atomic mass is 16.5. The quantitative estimate of drug-likeness (QED) is 0.385. The molecule has 0 bridgehead atoms. The van der Waals surface area contributed by atoms with Crippen molar-refractivity contribution in [3.05, 3.63) is 107 Å². The topological polar surface area (TPSA) is 75.7 Å². The first kappa shape index (κ1) is 22.7. The van der Waals surface area contributed by atoms with E-state index in [9.17, 15) is 14.4 Å². The van der Waals surface area contributed by atoms with Crippen molar-refractivity contribution in [3.63, 3.8) is 0 Å². The monoisotopic (exact) mass is 514 g/mol. The molecule has 3 aliphatic heterocycles. The maximum Gasteiger partial charge on any atom is 0.238 e. The van der Waals surface area contributed by atoms with Gasteiger partial charge in [-0.25, -0.2) is 0 Å². The molecular formula is C33H26N2O4. The molecule has 6 heteroatoms. The number of para-hydroxylation sites is 1. The Morgan fingerprint density at radius 1 is 0.923 bits per heavy atom. The van der Waals surface area contributed by atoms with Crippen LogP contribution in [-0.4, -0.2) is 42.1 Å². The van der Waals surface area contributed by atoms with Crippen molar-refractivity contribution in [2.24, 2.45) is 5.92 Å². The Morgan fingerprint density at radius 2 is 1.67 bits per heavy atom. The third-order valence-corrected chi connectivity index (χ3v) is 9.64. The molecule has 2 spiro atoms. The van der Waals surface area contributed by atoms with E-state index in [0.717, 1.165) is 34.7 Å². The van der Waals surface area contributed by atoms with Crippen molar-refractivity contribution in [3.8, 4) is 5.75 Å². The number of amides is 1. The zero-order valence-electron chi connectivity index (χ0n) is 21.4. The first-order valence-electron chi connectivity index (χ1n) is 13.5. The summed E-state index contributed by atoms with van der Waals surface area (Å²) in [6, 6.07) is 26.2. The fraction of sp³-hybridized carbons (Fsp3) is 0.242. The lowest BCUT2D eigenvalue weighted by Gasteiger charge is -2.44. The van der Waals surface area contributed by atoms with E-state index in [1.54, 1.807) is 31.4 Å². The van der Waals surface area contributed by atoms with Crippen LogP contribution in [0.3, 0.4) is 0 Å². The van der Waals surface area contributed by atoms with E-state index in [0.29, 0.717) is 29.1 Å². The van der Waals surface area contributed by atoms with E-state index < -0.39 is 16.9 Å². The van der Waals surface area contributed by atoms with Gasteiger partial charge in [-0.15, -0.1) is 0 Å². The van der Waals surface area contributed by atoms with Crippen molar-refractivity contribution >= 4 is 33.9 Å². The molecule has 4 aromatic rings. The van der Waals surface area contributed by atoms with Gasteiger partial charge in [-0.05, 0) is 71.6 Å². The summed E-state index contributed by atoms with van der Waals surface area (Å²) in [4.78, 5) is 46.6. The lowest BCUT2D eigenvalue weighted by molar-refractivity contribution is -0.124. The Labute approximate surface area is 225 Å². The third-order valence-electron chi connectivity index (χ3n) is 9.64. The Bertz CT molecular complexity index is 1740. The number of nitrogens with one attached hydrogen (secondary N) is 1. The summed E-state index contributed by atoms with van der Waals surface area (Å²) < 4.78 is 5.33. The molecule has 2 saturated heterocycles. The third kappa shape index (κ3) is 2.45. The molecule has 39 heavy (non-hydrogen) atoms. The molecule has 0 aromatic heterocycles. The molecule has 1 N–H and O–H groups in total. The number of hydrogen-bond acceptors (Lipinski definition) is 5. The SMILES string of the molecule is COc1ccc(C(=O)[C@H]2[C@@H]3CCCN3[C@]3(C(=O)c4cccc5cccc3c45)[C@]23C(=O)Nc2ccccc23)cc1. The molecule has 192 valence electrons. The number of carbonyl (C=O) groups is 3. The van der Waals surface area contributed by atoms with Crippen LogP contribution in [0.15, 0.2) is 84.9 Å². The van der Waals surface area contributed by atoms with Gasteiger partial charge in [-0.1, -0.05) is 54.6 Å². The molecular weight excluding hydrogens is 488 g/mol. The second-order valence-corrected chi connectivity index (χ2v) is 11.0. The molecule has 0 saturated carbocycles. The van der Waals surface area contributed by atoms with Crippen LogP contribution >= 0.6 is 0 Å². The standard InChI is InChI=1S/C33H26N2O4/c1-39-21-16-14-20(15-17-21)29(36)28-26-13-6-18-35(26)33(32(28)23-10-2-3-12-25(23)34-31(32)38)24-11-5-8-19-7-4-9-22(27(19)24)30(33)37/h2-5,7-12,14-17,26,28H,6,13,18H2,1H3,(H,34,38)/t26-,28+,32-,33+/m0/s1. The zero-order valence-corrected chi connectivity index (χ0v) is 21.4. The average Bonchev–Trinajstić information content (AvgIpc) is 3.68. The van der Waals surface area contributed by atoms with Gasteiger partial charge in [-0.2, -0.15) is 0 Å². The lowest BCUT2D eigenvalue weighted by atomic mass is 9.56. The molecule has 4 aliphatic rings. The largest absolute Gasteiger partial charge is 0.497 e. The summed E-state index contributed by atoms with van der Waals surface area (Å²) in [6.07, 6.45) is 1.60. The maximum atomic E-state index is 15.0. The average molecular weight is 515 g/mol. The minimum Gasteiger partial charge on any atom is -0.497 e. The van der Waals surface area contributed by atoms with Gasteiger partial charge in [-0.3, -0.25) is 19.3 Å². The summed E-state index contributed by atoms with van der Waals surface area (Å²) in [5.41, 5.74) is 0.646. The first-order chi connectivity index (χ1) is 19.0. The van der Waals surface area contributed by atoms with Gasteiger partial charge < -0.3 is 10.1 Å². The molecule has 8 rings (SSSR count). The van der Waals surface area contributed by atoms with Gasteiger partial charge in [0.25, 0.3) is 0 Å². The van der Waals surface area contributed by atoms with E-state index in [1.165, 1.54) is 0 Å². The van der Waals surface area contributed by atoms with Crippen LogP contribution in [0, 0.1) is 5.92 Å². The number of anilines is 1. The van der Waals surface area contributed by atoms with E-state index >= 15 is 0 Å². The second-order valence-electron chi connectivity index (χ2n) is 11.0. The molecule has 0 radical (unpaired) electrons. The first-order valence-corrected chi connectivity index (χ1v) is 13.5. The second kappa shape index (κ2) is 7.64. The Hall–Kier alpha value is -4.29. The molecule has 1 amide bonds. The summed E-state index contributed by atoms with van der Waals surface area (Å²) >= 11 is 0. The summed E-state index contributed by atoms with van der Waals surface area (Å²) in [5.74, 6) is -0.565. The number of hydrogen-bond donors (Lipinski definition) is 1. The number of ether oxygens (including phenoxy) is 1. The van der Waals surface area contributed by atoms with Gasteiger partial charge in [0.15, 0.2) is 11.6 Å². The highest BCUT2D eigenvalue weighted by molar-refractivity contribution is 6.27. The highest BCUT2D eigenvalue weighted by Gasteiger charge is 2.80. The van der Waals surface area contributed by atoms with Gasteiger partial charge >= 0.3 is 0 Å². The van der Waals surface area contributed by atoms with Crippen LogP contribution in [-0.2, 0) is 15.7 Å². The fourth-order valence-electron chi connectivity index (χ4n) is 8.37. The molecule has 4 aromatic carbocycles.